The number of aliphatic hydroxyl groups is 1. The van der Waals surface area contributed by atoms with E-state index < -0.39 is 10.0 Å². The summed E-state index contributed by atoms with van der Waals surface area (Å²) in [4.78, 5) is 0. The molecule has 0 radical (unpaired) electrons. The van der Waals surface area contributed by atoms with E-state index in [9.17, 15) is 8.42 Å². The second-order valence-corrected chi connectivity index (χ2v) is 5.80. The van der Waals surface area contributed by atoms with E-state index in [-0.39, 0.29) is 12.4 Å². The van der Waals surface area contributed by atoms with Crippen LogP contribution in [0, 0.1) is 5.92 Å². The van der Waals surface area contributed by atoms with Crippen molar-refractivity contribution in [3.05, 3.63) is 0 Å². The summed E-state index contributed by atoms with van der Waals surface area (Å²) in [5, 5.41) is 8.50. The van der Waals surface area contributed by atoms with Gasteiger partial charge >= 0.3 is 0 Å². The SMILES string of the molecule is O=S(=O)(CCCCO)NCCC1CC1. The summed E-state index contributed by atoms with van der Waals surface area (Å²) in [6.45, 7) is 0.643. The monoisotopic (exact) mass is 221 g/mol. The molecule has 0 amide bonds. The number of hydrogen-bond acceptors (Lipinski definition) is 3. The highest BCUT2D eigenvalue weighted by Gasteiger charge is 2.21. The zero-order valence-electron chi connectivity index (χ0n) is 8.41. The smallest absolute Gasteiger partial charge is 0.211 e. The summed E-state index contributed by atoms with van der Waals surface area (Å²) in [6.07, 6.45) is 4.58. The van der Waals surface area contributed by atoms with Crippen LogP contribution in [-0.2, 0) is 10.0 Å². The van der Waals surface area contributed by atoms with Crippen LogP contribution in [0.1, 0.15) is 32.1 Å². The van der Waals surface area contributed by atoms with Crippen molar-refractivity contribution in [3.63, 3.8) is 0 Å². The Morgan fingerprint density at radius 1 is 1.29 bits per heavy atom. The van der Waals surface area contributed by atoms with Crippen molar-refractivity contribution in [2.24, 2.45) is 5.92 Å². The van der Waals surface area contributed by atoms with Crippen molar-refractivity contribution in [1.29, 1.82) is 0 Å². The normalized spacial score (nSPS) is 17.2. The molecule has 2 N–H and O–H groups in total. The van der Waals surface area contributed by atoms with Gasteiger partial charge in [0.25, 0.3) is 0 Å². The molecule has 0 heterocycles. The van der Waals surface area contributed by atoms with Crippen molar-refractivity contribution < 1.29 is 13.5 Å². The summed E-state index contributed by atoms with van der Waals surface area (Å²) in [7, 11) is -3.08. The van der Waals surface area contributed by atoms with Crippen LogP contribution in [0.5, 0.6) is 0 Å². The van der Waals surface area contributed by atoms with Crippen LogP contribution in [0.15, 0.2) is 0 Å². The Kier molecular flexibility index (Phi) is 4.84. The molecule has 1 aliphatic rings. The average molecular weight is 221 g/mol. The predicted octanol–water partition coefficient (Wildman–Crippen LogP) is 0.478. The van der Waals surface area contributed by atoms with Crippen molar-refractivity contribution in [3.8, 4) is 0 Å². The molecule has 1 saturated carbocycles. The first-order valence-corrected chi connectivity index (χ1v) is 6.87. The van der Waals surface area contributed by atoms with Crippen LogP contribution in [0.4, 0.5) is 0 Å². The summed E-state index contributed by atoms with van der Waals surface area (Å²) in [5.74, 6) is 0.897. The van der Waals surface area contributed by atoms with E-state index in [1.165, 1.54) is 12.8 Å². The molecule has 84 valence electrons. The van der Waals surface area contributed by atoms with E-state index >= 15 is 0 Å². The minimum atomic E-state index is -3.08. The van der Waals surface area contributed by atoms with Gasteiger partial charge in [0.05, 0.1) is 5.75 Å². The largest absolute Gasteiger partial charge is 0.396 e. The van der Waals surface area contributed by atoms with Crippen molar-refractivity contribution in [1.82, 2.24) is 4.72 Å². The molecular weight excluding hydrogens is 202 g/mol. The molecule has 0 aliphatic heterocycles. The highest BCUT2D eigenvalue weighted by molar-refractivity contribution is 7.89. The molecule has 1 aliphatic carbocycles. The lowest BCUT2D eigenvalue weighted by Gasteiger charge is -2.05. The molecule has 0 aromatic rings. The minimum Gasteiger partial charge on any atom is -0.396 e. The third kappa shape index (κ3) is 5.57. The Labute approximate surface area is 85.8 Å². The maximum Gasteiger partial charge on any atom is 0.211 e. The lowest BCUT2D eigenvalue weighted by atomic mass is 10.3. The molecule has 0 unspecified atom stereocenters. The third-order valence-corrected chi connectivity index (χ3v) is 3.86. The molecule has 1 fully saturated rings. The Morgan fingerprint density at radius 3 is 2.57 bits per heavy atom. The third-order valence-electron chi connectivity index (χ3n) is 2.39. The van der Waals surface area contributed by atoms with Gasteiger partial charge in [-0.15, -0.1) is 0 Å². The Bertz CT molecular complexity index is 247. The highest BCUT2D eigenvalue weighted by atomic mass is 32.2. The van der Waals surface area contributed by atoms with Gasteiger partial charge in [-0.1, -0.05) is 12.8 Å². The summed E-state index contributed by atoms with van der Waals surface area (Å²) >= 11 is 0. The molecule has 5 heteroatoms. The number of aliphatic hydroxyl groups excluding tert-OH is 1. The number of sulfonamides is 1. The number of rotatable bonds is 8. The van der Waals surface area contributed by atoms with E-state index in [1.54, 1.807) is 0 Å². The number of unbranched alkanes of at least 4 members (excludes halogenated alkanes) is 1. The standard InChI is InChI=1S/C9H19NO3S/c11-7-1-2-8-14(12,13)10-6-5-9-3-4-9/h9-11H,1-8H2. The quantitative estimate of drug-likeness (QED) is 0.586. The Balaban J connectivity index is 2.06. The van der Waals surface area contributed by atoms with Gasteiger partial charge in [0.2, 0.25) is 10.0 Å². The second-order valence-electron chi connectivity index (χ2n) is 3.88. The first-order valence-electron chi connectivity index (χ1n) is 5.22. The van der Waals surface area contributed by atoms with E-state index in [0.717, 1.165) is 12.3 Å². The fraction of sp³-hybridized carbons (Fsp3) is 1.00. The van der Waals surface area contributed by atoms with Gasteiger partial charge in [-0.05, 0) is 25.2 Å². The minimum absolute atomic E-state index is 0.0671. The van der Waals surface area contributed by atoms with Gasteiger partial charge in [0.15, 0.2) is 0 Å². The van der Waals surface area contributed by atoms with Crippen molar-refractivity contribution >= 4 is 10.0 Å². The zero-order valence-corrected chi connectivity index (χ0v) is 9.22. The van der Waals surface area contributed by atoms with Crippen molar-refractivity contribution in [2.75, 3.05) is 18.9 Å². The van der Waals surface area contributed by atoms with Crippen LogP contribution in [0.25, 0.3) is 0 Å². The van der Waals surface area contributed by atoms with Gasteiger partial charge in [0.1, 0.15) is 0 Å². The summed E-state index contributed by atoms with van der Waals surface area (Å²) < 4.78 is 25.2. The maximum absolute atomic E-state index is 11.3. The van der Waals surface area contributed by atoms with E-state index in [4.69, 9.17) is 5.11 Å². The van der Waals surface area contributed by atoms with Gasteiger partial charge in [-0.2, -0.15) is 0 Å². The van der Waals surface area contributed by atoms with Gasteiger partial charge in [-0.25, -0.2) is 13.1 Å². The molecule has 0 aromatic heterocycles. The predicted molar refractivity (Wildman–Crippen MR) is 55.5 cm³/mol. The lowest BCUT2D eigenvalue weighted by Crippen LogP contribution is -2.27. The molecule has 0 bridgehead atoms. The molecule has 0 aromatic carbocycles. The van der Waals surface area contributed by atoms with E-state index in [1.807, 2.05) is 0 Å². The summed E-state index contributed by atoms with van der Waals surface area (Å²) in [5.41, 5.74) is 0. The van der Waals surface area contributed by atoms with Gasteiger partial charge < -0.3 is 5.11 Å². The van der Waals surface area contributed by atoms with E-state index in [2.05, 4.69) is 4.72 Å². The fourth-order valence-corrected chi connectivity index (χ4v) is 2.46. The molecule has 0 spiro atoms. The lowest BCUT2D eigenvalue weighted by molar-refractivity contribution is 0.287. The zero-order chi connectivity index (χ0) is 10.4. The molecule has 0 saturated heterocycles. The molecule has 4 nitrogen and oxygen atoms in total. The van der Waals surface area contributed by atoms with Crippen LogP contribution >= 0.6 is 0 Å². The first kappa shape index (κ1) is 11.9. The van der Waals surface area contributed by atoms with Crippen LogP contribution in [0.3, 0.4) is 0 Å². The van der Waals surface area contributed by atoms with Gasteiger partial charge in [-0.3, -0.25) is 0 Å². The van der Waals surface area contributed by atoms with Crippen molar-refractivity contribution in [2.45, 2.75) is 32.1 Å². The van der Waals surface area contributed by atoms with Crippen LogP contribution in [-0.4, -0.2) is 32.4 Å². The van der Waals surface area contributed by atoms with E-state index in [0.29, 0.717) is 19.4 Å². The number of hydrogen-bond donors (Lipinski definition) is 2. The highest BCUT2D eigenvalue weighted by Crippen LogP contribution is 2.31. The fourth-order valence-electron chi connectivity index (χ4n) is 1.30. The first-order chi connectivity index (χ1) is 6.64. The summed E-state index contributed by atoms with van der Waals surface area (Å²) in [6, 6.07) is 0. The molecule has 14 heavy (non-hydrogen) atoms. The second kappa shape index (κ2) is 5.68. The molecule has 0 atom stereocenters. The maximum atomic E-state index is 11.3. The Morgan fingerprint density at radius 2 is 2.00 bits per heavy atom. The Hall–Kier alpha value is -0.130. The molecular formula is C9H19NO3S. The molecule has 1 rings (SSSR count). The van der Waals surface area contributed by atoms with Crippen LogP contribution in [0.2, 0.25) is 0 Å². The average Bonchev–Trinajstić information content (AvgIpc) is 2.88. The topological polar surface area (TPSA) is 66.4 Å². The number of nitrogens with one attached hydrogen (secondary N) is 1. The van der Waals surface area contributed by atoms with Gasteiger partial charge in [0, 0.05) is 13.2 Å². The van der Waals surface area contributed by atoms with Crippen LogP contribution < -0.4 is 4.72 Å².